The zero-order chi connectivity index (χ0) is 25.0. The Morgan fingerprint density at radius 1 is 1.25 bits per heavy atom. The van der Waals surface area contributed by atoms with Gasteiger partial charge in [0.2, 0.25) is 5.88 Å². The van der Waals surface area contributed by atoms with Crippen molar-refractivity contribution in [2.75, 3.05) is 13.1 Å². The van der Waals surface area contributed by atoms with Gasteiger partial charge in [-0.2, -0.15) is 9.61 Å². The average molecular weight is 508 g/mol. The molecule has 1 aliphatic carbocycles. The van der Waals surface area contributed by atoms with E-state index < -0.39 is 5.69 Å². The maximum absolute atomic E-state index is 13.2. The summed E-state index contributed by atoms with van der Waals surface area (Å²) >= 11 is 1.39. The number of carbonyl (C=O) groups excluding carboxylic acids is 1. The van der Waals surface area contributed by atoms with Gasteiger partial charge in [-0.15, -0.1) is 11.3 Å². The van der Waals surface area contributed by atoms with Crippen LogP contribution in [0.1, 0.15) is 42.1 Å². The molecule has 186 valence electrons. The van der Waals surface area contributed by atoms with Gasteiger partial charge in [-0.1, -0.05) is 0 Å². The second-order valence-electron chi connectivity index (χ2n) is 9.35. The van der Waals surface area contributed by atoms with Crippen LogP contribution in [0.15, 0.2) is 33.5 Å². The van der Waals surface area contributed by atoms with Gasteiger partial charge in [-0.25, -0.2) is 9.78 Å². The van der Waals surface area contributed by atoms with Crippen molar-refractivity contribution in [3.63, 3.8) is 0 Å². The summed E-state index contributed by atoms with van der Waals surface area (Å²) in [6.07, 6.45) is 5.29. The number of nitrogens with zero attached hydrogens (tertiary/aromatic N) is 5. The lowest BCUT2D eigenvalue weighted by molar-refractivity contribution is -0.0585. The second kappa shape index (κ2) is 8.71. The number of H-pyrrole nitrogens is 2. The molecule has 36 heavy (non-hydrogen) atoms. The molecule has 2 fully saturated rings. The van der Waals surface area contributed by atoms with E-state index in [1.807, 2.05) is 36.3 Å². The summed E-state index contributed by atoms with van der Waals surface area (Å²) in [7, 11) is 0. The Balaban J connectivity index is 1.42. The Labute approximate surface area is 208 Å². The summed E-state index contributed by atoms with van der Waals surface area (Å²) in [4.78, 5) is 41.7. The minimum Gasteiger partial charge on any atom is -0.493 e. The maximum atomic E-state index is 13.2. The molecule has 1 saturated heterocycles. The fourth-order valence-electron chi connectivity index (χ4n) is 4.43. The second-order valence-corrected chi connectivity index (χ2v) is 10.3. The topological polar surface area (TPSA) is 141 Å². The standard InChI is InChI=1S/C24H25N7O4S/c1-12-9-30(10-13(2)35-12)23(33)19-6-15(11-36-19)17-7-20(26-16-3-4-16)31-21(27-17)14(8-25-31)5-18-22(32)29-24(34)28-18/h5-8,11-13,16,32H,3-4,9-10H2,1-2H3,(H2,28,29,34)/b14-5-,26-20?. The summed E-state index contributed by atoms with van der Waals surface area (Å²) in [6, 6.07) is 4.01. The summed E-state index contributed by atoms with van der Waals surface area (Å²) in [5.41, 5.74) is 2.41. The summed E-state index contributed by atoms with van der Waals surface area (Å²) in [6.45, 7) is 5.08. The Kier molecular flexibility index (Phi) is 5.49. The van der Waals surface area contributed by atoms with Crippen LogP contribution in [-0.4, -0.2) is 71.8 Å². The van der Waals surface area contributed by atoms with Crippen molar-refractivity contribution in [3.05, 3.63) is 55.5 Å². The largest absolute Gasteiger partial charge is 0.493 e. The molecule has 3 N–H and O–H groups in total. The Bertz CT molecular complexity index is 1630. The number of nitrogens with one attached hydrogen (secondary N) is 2. The van der Waals surface area contributed by atoms with Gasteiger partial charge in [-0.3, -0.25) is 14.8 Å². The molecule has 0 aromatic carbocycles. The van der Waals surface area contributed by atoms with Crippen LogP contribution in [0.3, 0.4) is 0 Å². The third-order valence-electron chi connectivity index (χ3n) is 6.19. The highest BCUT2D eigenvalue weighted by Gasteiger charge is 2.27. The SMILES string of the molecule is CC1CN(C(=O)c2cc(-c3cc(=NC4CC4)n4nc/c(=C/c5[nH]c(=O)[nH]c5O)c4n3)cs2)CC(C)O1. The zero-order valence-electron chi connectivity index (χ0n) is 19.8. The number of hydrogen-bond acceptors (Lipinski definition) is 8. The number of imidazole rings is 1. The highest BCUT2D eigenvalue weighted by atomic mass is 32.1. The number of carbonyl (C=O) groups is 1. The van der Waals surface area contributed by atoms with Gasteiger partial charge < -0.3 is 19.7 Å². The Hall–Kier alpha value is -3.77. The molecule has 1 aliphatic heterocycles. The third kappa shape index (κ3) is 4.33. The minimum atomic E-state index is -0.507. The smallest absolute Gasteiger partial charge is 0.326 e. The van der Waals surface area contributed by atoms with Gasteiger partial charge in [0, 0.05) is 35.3 Å². The van der Waals surface area contributed by atoms with Crippen molar-refractivity contribution in [1.29, 1.82) is 0 Å². The summed E-state index contributed by atoms with van der Waals surface area (Å²) < 4.78 is 7.42. The van der Waals surface area contributed by atoms with Crippen LogP contribution in [0.2, 0.25) is 0 Å². The highest BCUT2D eigenvalue weighted by molar-refractivity contribution is 7.12. The van der Waals surface area contributed by atoms with E-state index in [0.717, 1.165) is 18.4 Å². The first-order chi connectivity index (χ1) is 17.3. The van der Waals surface area contributed by atoms with Crippen LogP contribution in [0, 0.1) is 0 Å². The number of aromatic hydroxyl groups is 1. The van der Waals surface area contributed by atoms with Crippen molar-refractivity contribution in [2.45, 2.75) is 44.9 Å². The van der Waals surface area contributed by atoms with E-state index in [-0.39, 0.29) is 35.7 Å². The molecule has 1 amide bonds. The van der Waals surface area contributed by atoms with Gasteiger partial charge in [-0.05, 0) is 38.8 Å². The van der Waals surface area contributed by atoms with E-state index in [4.69, 9.17) is 14.7 Å². The molecular weight excluding hydrogens is 482 g/mol. The number of thiophene rings is 1. The third-order valence-corrected chi connectivity index (χ3v) is 7.11. The predicted octanol–water partition coefficient (Wildman–Crippen LogP) is 1.04. The molecule has 5 heterocycles. The molecule has 6 rings (SSSR count). The first kappa shape index (κ1) is 22.7. The van der Waals surface area contributed by atoms with Crippen LogP contribution >= 0.6 is 11.3 Å². The lowest BCUT2D eigenvalue weighted by Crippen LogP contribution is -2.48. The number of fused-ring (bicyclic) bond motifs is 1. The fourth-order valence-corrected chi connectivity index (χ4v) is 5.29. The molecule has 2 atom stereocenters. The molecule has 0 bridgehead atoms. The Morgan fingerprint density at radius 3 is 2.72 bits per heavy atom. The van der Waals surface area contributed by atoms with Gasteiger partial charge >= 0.3 is 5.69 Å². The van der Waals surface area contributed by atoms with Crippen molar-refractivity contribution < 1.29 is 14.6 Å². The van der Waals surface area contributed by atoms with Crippen LogP contribution in [0.25, 0.3) is 23.0 Å². The molecule has 0 spiro atoms. The van der Waals surface area contributed by atoms with E-state index in [2.05, 4.69) is 15.1 Å². The van der Waals surface area contributed by atoms with Crippen molar-refractivity contribution in [3.8, 4) is 17.1 Å². The van der Waals surface area contributed by atoms with E-state index in [9.17, 15) is 14.7 Å². The molecule has 11 nitrogen and oxygen atoms in total. The van der Waals surface area contributed by atoms with Crippen LogP contribution in [0.5, 0.6) is 5.88 Å². The maximum Gasteiger partial charge on any atom is 0.326 e. The number of rotatable bonds is 4. The lowest BCUT2D eigenvalue weighted by atomic mass is 10.2. The van der Waals surface area contributed by atoms with Gasteiger partial charge in [0.05, 0.1) is 35.0 Å². The quantitative estimate of drug-likeness (QED) is 0.377. The highest BCUT2D eigenvalue weighted by Crippen LogP contribution is 2.26. The molecule has 4 aromatic rings. The molecule has 0 radical (unpaired) electrons. The van der Waals surface area contributed by atoms with Crippen LogP contribution in [-0.2, 0) is 4.74 Å². The van der Waals surface area contributed by atoms with Gasteiger partial charge in [0.1, 0.15) is 5.69 Å². The van der Waals surface area contributed by atoms with E-state index in [1.54, 1.807) is 16.8 Å². The first-order valence-corrected chi connectivity index (χ1v) is 12.7. The number of aromatic nitrogens is 5. The molecule has 1 saturated carbocycles. The van der Waals surface area contributed by atoms with Crippen molar-refractivity contribution in [1.82, 2.24) is 29.5 Å². The molecule has 12 heteroatoms. The normalized spacial score (nSPS) is 21.6. The van der Waals surface area contributed by atoms with E-state index in [1.165, 1.54) is 11.3 Å². The fraction of sp³-hybridized carbons (Fsp3) is 0.375. The average Bonchev–Trinajstić information content (AvgIpc) is 3.22. The first-order valence-electron chi connectivity index (χ1n) is 11.8. The zero-order valence-corrected chi connectivity index (χ0v) is 20.6. The summed E-state index contributed by atoms with van der Waals surface area (Å²) in [5, 5.41) is 17.0. The Morgan fingerprint density at radius 2 is 2.03 bits per heavy atom. The number of aromatic amines is 2. The molecule has 4 aromatic heterocycles. The molecule has 2 unspecified atom stereocenters. The van der Waals surface area contributed by atoms with E-state index >= 15 is 0 Å². The molecule has 2 aliphatic rings. The minimum absolute atomic E-state index is 0.00117. The van der Waals surface area contributed by atoms with E-state index in [0.29, 0.717) is 40.0 Å². The monoisotopic (exact) mass is 507 g/mol. The van der Waals surface area contributed by atoms with Crippen molar-refractivity contribution in [2.24, 2.45) is 4.99 Å². The number of ether oxygens (including phenoxy) is 1. The summed E-state index contributed by atoms with van der Waals surface area (Å²) in [5.74, 6) is -0.270. The van der Waals surface area contributed by atoms with Crippen LogP contribution in [0.4, 0.5) is 0 Å². The number of hydrogen-bond donors (Lipinski definition) is 3. The molecular formula is C24H25N7O4S. The van der Waals surface area contributed by atoms with Gasteiger partial charge in [0.15, 0.2) is 11.1 Å². The van der Waals surface area contributed by atoms with Gasteiger partial charge in [0.25, 0.3) is 5.91 Å². The lowest BCUT2D eigenvalue weighted by Gasteiger charge is -2.35. The van der Waals surface area contributed by atoms with Crippen molar-refractivity contribution >= 4 is 29.0 Å². The predicted molar refractivity (Wildman–Crippen MR) is 133 cm³/mol. The number of morpholine rings is 1. The number of amides is 1. The van der Waals surface area contributed by atoms with Crippen LogP contribution < -0.4 is 16.4 Å².